The van der Waals surface area contributed by atoms with Crippen molar-refractivity contribution in [3.05, 3.63) is 69.5 Å². The fourth-order valence-electron chi connectivity index (χ4n) is 4.61. The largest absolute Gasteiger partial charge is 0.369 e. The Morgan fingerprint density at radius 3 is 2.33 bits per heavy atom. The van der Waals surface area contributed by atoms with Gasteiger partial charge in [-0.05, 0) is 58.2 Å². The van der Waals surface area contributed by atoms with Crippen molar-refractivity contribution >= 4 is 28.4 Å². The number of nitrogens with one attached hydrogen (secondary N) is 1. The van der Waals surface area contributed by atoms with Gasteiger partial charge in [0.05, 0.1) is 5.69 Å². The lowest BCUT2D eigenvalue weighted by atomic mass is 10.2. The second-order valence-corrected chi connectivity index (χ2v) is 9.45. The molecule has 4 heterocycles. The zero-order chi connectivity index (χ0) is 25.4. The van der Waals surface area contributed by atoms with E-state index in [9.17, 15) is 9.59 Å². The molecule has 1 aliphatic rings. The molecule has 188 valence electrons. The van der Waals surface area contributed by atoms with Crippen LogP contribution in [0.2, 0.25) is 0 Å². The number of anilines is 3. The number of aromatic nitrogens is 5. The summed E-state index contributed by atoms with van der Waals surface area (Å²) in [5.41, 5.74) is 2.98. The van der Waals surface area contributed by atoms with E-state index in [0.717, 1.165) is 31.9 Å². The molecule has 36 heavy (non-hydrogen) atoms. The Kier molecular flexibility index (Phi) is 6.36. The average Bonchev–Trinajstić information content (AvgIpc) is 3.16. The van der Waals surface area contributed by atoms with Gasteiger partial charge in [0, 0.05) is 68.6 Å². The van der Waals surface area contributed by atoms with E-state index < -0.39 is 0 Å². The van der Waals surface area contributed by atoms with Gasteiger partial charge >= 0.3 is 0 Å². The number of benzene rings is 1. The van der Waals surface area contributed by atoms with Crippen molar-refractivity contribution < 1.29 is 0 Å². The Bertz CT molecular complexity index is 1490. The van der Waals surface area contributed by atoms with Crippen LogP contribution in [0.3, 0.4) is 0 Å². The minimum absolute atomic E-state index is 0.0123. The minimum Gasteiger partial charge on any atom is -0.369 e. The smallest absolute Gasteiger partial charge is 0.278 e. The third-order valence-electron chi connectivity index (χ3n) is 6.69. The molecule has 1 N–H and O–H groups in total. The van der Waals surface area contributed by atoms with E-state index in [2.05, 4.69) is 39.3 Å². The molecule has 3 aromatic heterocycles. The zero-order valence-corrected chi connectivity index (χ0v) is 21.2. The molecule has 0 bridgehead atoms. The fraction of sp³-hybridized carbons (Fsp3) is 0.385. The van der Waals surface area contributed by atoms with Crippen LogP contribution in [0.15, 0.2) is 58.4 Å². The van der Waals surface area contributed by atoms with Crippen LogP contribution in [0.25, 0.3) is 16.7 Å². The number of piperazine rings is 1. The topological polar surface area (TPSA) is 93.2 Å². The molecule has 1 fully saturated rings. The summed E-state index contributed by atoms with van der Waals surface area (Å²) in [6.07, 6.45) is 3.33. The molecule has 10 heteroatoms. The molecular formula is C26H32N8O2. The lowest BCUT2D eigenvalue weighted by molar-refractivity contribution is 0.313. The number of fused-ring (bicyclic) bond motifs is 1. The normalized spacial score (nSPS) is 14.6. The van der Waals surface area contributed by atoms with Crippen molar-refractivity contribution in [2.45, 2.75) is 33.4 Å². The quantitative estimate of drug-likeness (QED) is 0.446. The van der Waals surface area contributed by atoms with Crippen LogP contribution in [-0.2, 0) is 6.54 Å². The van der Waals surface area contributed by atoms with Gasteiger partial charge < -0.3 is 19.7 Å². The van der Waals surface area contributed by atoms with Gasteiger partial charge in [-0.2, -0.15) is 4.98 Å². The Labute approximate surface area is 209 Å². The predicted molar refractivity (Wildman–Crippen MR) is 143 cm³/mol. The van der Waals surface area contributed by atoms with Gasteiger partial charge in [0.25, 0.3) is 11.1 Å². The maximum Gasteiger partial charge on any atom is 0.278 e. The third kappa shape index (κ3) is 4.39. The van der Waals surface area contributed by atoms with Crippen LogP contribution >= 0.6 is 0 Å². The monoisotopic (exact) mass is 488 g/mol. The first kappa shape index (κ1) is 23.8. The van der Waals surface area contributed by atoms with Gasteiger partial charge in [0.1, 0.15) is 5.39 Å². The molecule has 0 radical (unpaired) electrons. The Balaban J connectivity index is 1.49. The Morgan fingerprint density at radius 1 is 0.972 bits per heavy atom. The number of likely N-dealkylation sites (N-methyl/N-ethyl adjacent to an activating group) is 1. The average molecular weight is 489 g/mol. The Hall–Kier alpha value is -3.92. The molecular weight excluding hydrogens is 456 g/mol. The van der Waals surface area contributed by atoms with E-state index in [1.54, 1.807) is 32.4 Å². The number of rotatable bonds is 6. The first-order valence-electron chi connectivity index (χ1n) is 12.4. The van der Waals surface area contributed by atoms with E-state index in [1.807, 2.05) is 32.9 Å². The van der Waals surface area contributed by atoms with Crippen molar-refractivity contribution in [1.29, 1.82) is 0 Å². The summed E-state index contributed by atoms with van der Waals surface area (Å²) in [4.78, 5) is 39.2. The molecule has 1 aliphatic heterocycles. The van der Waals surface area contributed by atoms with Crippen LogP contribution in [0.4, 0.5) is 17.3 Å². The molecule has 0 saturated carbocycles. The second-order valence-electron chi connectivity index (χ2n) is 9.45. The summed E-state index contributed by atoms with van der Waals surface area (Å²) >= 11 is 0. The lowest BCUT2D eigenvalue weighted by Crippen LogP contribution is -2.44. The Morgan fingerprint density at radius 2 is 1.67 bits per heavy atom. The van der Waals surface area contributed by atoms with E-state index in [1.165, 1.54) is 11.8 Å². The highest BCUT2D eigenvalue weighted by atomic mass is 16.1. The van der Waals surface area contributed by atoms with Gasteiger partial charge in [-0.25, -0.2) is 14.3 Å². The highest BCUT2D eigenvalue weighted by Gasteiger charge is 2.18. The third-order valence-corrected chi connectivity index (χ3v) is 6.69. The summed E-state index contributed by atoms with van der Waals surface area (Å²) in [5, 5.41) is 3.69. The highest BCUT2D eigenvalue weighted by molar-refractivity contribution is 5.77. The molecule has 4 aromatic rings. The first-order chi connectivity index (χ1) is 17.4. The summed E-state index contributed by atoms with van der Waals surface area (Å²) < 4.78 is 5.02. The van der Waals surface area contributed by atoms with Crippen molar-refractivity contribution in [1.82, 2.24) is 28.8 Å². The standard InChI is InChI=1S/C26H32N8O2/c1-5-33-25(36)22-16-27-26(28-19-6-8-20(9-7-19)31-14-12-30(4)13-15-31)29-24(22)34(33)21-10-11-23(35)32(17-21)18(2)3/h6-11,16-18H,5,12-15H2,1-4H3,(H,27,28,29). The SMILES string of the molecule is CCn1c(=O)c2cnc(Nc3ccc(N4CCN(C)CC4)cc3)nc2n1-c1ccc(=O)n(C(C)C)c1. The van der Waals surface area contributed by atoms with Gasteiger partial charge in [-0.3, -0.25) is 9.59 Å². The predicted octanol–water partition coefficient (Wildman–Crippen LogP) is 2.84. The molecule has 10 nitrogen and oxygen atoms in total. The number of hydrogen-bond acceptors (Lipinski definition) is 7. The summed E-state index contributed by atoms with van der Waals surface area (Å²) in [6.45, 7) is 10.4. The molecule has 1 aromatic carbocycles. The molecule has 1 saturated heterocycles. The van der Waals surface area contributed by atoms with Gasteiger partial charge in [0.15, 0.2) is 5.65 Å². The van der Waals surface area contributed by atoms with Crippen LogP contribution in [0, 0.1) is 0 Å². The molecule has 0 spiro atoms. The van der Waals surface area contributed by atoms with Crippen molar-refractivity contribution in [2.75, 3.05) is 43.4 Å². The van der Waals surface area contributed by atoms with Crippen LogP contribution in [0.5, 0.6) is 0 Å². The molecule has 0 unspecified atom stereocenters. The van der Waals surface area contributed by atoms with Crippen molar-refractivity contribution in [3.8, 4) is 5.69 Å². The van der Waals surface area contributed by atoms with Crippen molar-refractivity contribution in [2.24, 2.45) is 0 Å². The van der Waals surface area contributed by atoms with E-state index >= 15 is 0 Å². The number of pyridine rings is 1. The van der Waals surface area contributed by atoms with Crippen molar-refractivity contribution in [3.63, 3.8) is 0 Å². The molecule has 0 amide bonds. The lowest BCUT2D eigenvalue weighted by Gasteiger charge is -2.34. The number of hydrogen-bond donors (Lipinski definition) is 1. The molecule has 0 atom stereocenters. The maximum atomic E-state index is 13.1. The van der Waals surface area contributed by atoms with Gasteiger partial charge in [0.2, 0.25) is 5.95 Å². The van der Waals surface area contributed by atoms with E-state index in [4.69, 9.17) is 4.98 Å². The van der Waals surface area contributed by atoms with Crippen LogP contribution in [-0.4, -0.2) is 62.0 Å². The fourth-order valence-corrected chi connectivity index (χ4v) is 4.61. The maximum absolute atomic E-state index is 13.1. The van der Waals surface area contributed by atoms with E-state index in [0.29, 0.717) is 29.2 Å². The second kappa shape index (κ2) is 9.62. The summed E-state index contributed by atoms with van der Waals surface area (Å²) in [6, 6.07) is 11.5. The highest BCUT2D eigenvalue weighted by Crippen LogP contribution is 2.22. The minimum atomic E-state index is -0.169. The first-order valence-corrected chi connectivity index (χ1v) is 12.4. The summed E-state index contributed by atoms with van der Waals surface area (Å²) in [7, 11) is 2.15. The van der Waals surface area contributed by atoms with E-state index in [-0.39, 0.29) is 17.2 Å². The summed E-state index contributed by atoms with van der Waals surface area (Å²) in [5.74, 6) is 0.397. The molecule has 5 rings (SSSR count). The van der Waals surface area contributed by atoms with Gasteiger partial charge in [-0.15, -0.1) is 0 Å². The molecule has 0 aliphatic carbocycles. The van der Waals surface area contributed by atoms with Crippen LogP contribution < -0.4 is 21.3 Å². The zero-order valence-electron chi connectivity index (χ0n) is 21.2. The van der Waals surface area contributed by atoms with Crippen LogP contribution in [0.1, 0.15) is 26.8 Å². The number of nitrogens with zero attached hydrogens (tertiary/aromatic N) is 7. The van der Waals surface area contributed by atoms with Gasteiger partial charge in [-0.1, -0.05) is 0 Å².